The molecule has 0 unspecified atom stereocenters. The lowest BCUT2D eigenvalue weighted by Crippen LogP contribution is -2.20. The van der Waals surface area contributed by atoms with E-state index >= 15 is 0 Å². The van der Waals surface area contributed by atoms with Gasteiger partial charge in [-0.3, -0.25) is 14.5 Å². The first-order valence-electron chi connectivity index (χ1n) is 5.41. The number of carbonyl (C=O) groups is 1. The van der Waals surface area contributed by atoms with E-state index in [1.165, 1.54) is 0 Å². The topological polar surface area (TPSA) is 72.2 Å². The minimum atomic E-state index is -0.330. The molecular weight excluding hydrogens is 230 g/mol. The number of amides is 1. The average molecular weight is 243 g/mol. The molecule has 0 atom stereocenters. The molecule has 0 aliphatic carbocycles. The smallest absolute Gasteiger partial charge is 0.275 e. The molecule has 2 heterocycles. The van der Waals surface area contributed by atoms with Crippen molar-refractivity contribution in [2.24, 2.45) is 12.1 Å². The number of pyridine rings is 1. The normalized spacial score (nSPS) is 11.3. The maximum absolute atomic E-state index is 11.7. The van der Waals surface area contributed by atoms with Gasteiger partial charge in [0.05, 0.1) is 5.71 Å². The Labute approximate surface area is 104 Å². The van der Waals surface area contributed by atoms with Crippen molar-refractivity contribution in [3.05, 3.63) is 48.0 Å². The van der Waals surface area contributed by atoms with Crippen LogP contribution >= 0.6 is 0 Å². The first-order valence-corrected chi connectivity index (χ1v) is 5.41. The van der Waals surface area contributed by atoms with Gasteiger partial charge >= 0.3 is 0 Å². The first kappa shape index (κ1) is 12.0. The van der Waals surface area contributed by atoms with Gasteiger partial charge in [0.2, 0.25) is 0 Å². The Kier molecular flexibility index (Phi) is 3.47. The van der Waals surface area contributed by atoms with Crippen LogP contribution in [0.5, 0.6) is 0 Å². The zero-order valence-electron chi connectivity index (χ0n) is 10.2. The Morgan fingerprint density at radius 1 is 1.33 bits per heavy atom. The molecule has 2 rings (SSSR count). The number of rotatable bonds is 3. The predicted molar refractivity (Wildman–Crippen MR) is 67.1 cm³/mol. The molecule has 0 aliphatic rings. The minimum Gasteiger partial charge on any atom is -0.275 e. The molecule has 0 aromatic carbocycles. The van der Waals surface area contributed by atoms with E-state index in [9.17, 15) is 4.79 Å². The molecule has 2 aromatic heterocycles. The van der Waals surface area contributed by atoms with Crippen molar-refractivity contribution in [3.63, 3.8) is 0 Å². The summed E-state index contributed by atoms with van der Waals surface area (Å²) < 4.78 is 1.56. The first-order chi connectivity index (χ1) is 8.66. The van der Waals surface area contributed by atoms with E-state index in [0.29, 0.717) is 11.4 Å². The minimum absolute atomic E-state index is 0.330. The summed E-state index contributed by atoms with van der Waals surface area (Å²) in [6.07, 6.45) is 5.05. The average Bonchev–Trinajstić information content (AvgIpc) is 2.83. The number of nitrogens with zero attached hydrogens (tertiary/aromatic N) is 4. The predicted octanol–water partition coefficient (Wildman–Crippen LogP) is 0.969. The molecule has 92 valence electrons. The van der Waals surface area contributed by atoms with E-state index in [-0.39, 0.29) is 5.91 Å². The fourth-order valence-corrected chi connectivity index (χ4v) is 1.39. The third-order valence-electron chi connectivity index (χ3n) is 2.37. The molecule has 0 spiro atoms. The Balaban J connectivity index is 2.05. The van der Waals surface area contributed by atoms with E-state index in [4.69, 9.17) is 0 Å². The molecule has 2 aromatic rings. The molecule has 18 heavy (non-hydrogen) atoms. The molecule has 1 amide bonds. The maximum Gasteiger partial charge on any atom is 0.291 e. The van der Waals surface area contributed by atoms with Crippen LogP contribution in [0.15, 0.2) is 41.9 Å². The Bertz CT molecular complexity index is 573. The van der Waals surface area contributed by atoms with Gasteiger partial charge in [-0.25, -0.2) is 5.43 Å². The van der Waals surface area contributed by atoms with Crippen molar-refractivity contribution in [3.8, 4) is 0 Å². The highest BCUT2D eigenvalue weighted by molar-refractivity contribution is 6.00. The standard InChI is InChI=1S/C12H13N5O/c1-9(10-3-6-13-7-4-10)14-15-12(18)11-5-8-17(2)16-11/h3-8H,1-2H3,(H,15,18). The number of hydrogen-bond donors (Lipinski definition) is 1. The molecule has 0 fully saturated rings. The fourth-order valence-electron chi connectivity index (χ4n) is 1.39. The van der Waals surface area contributed by atoms with Gasteiger partial charge in [0.1, 0.15) is 0 Å². The molecule has 0 aliphatic heterocycles. The highest BCUT2D eigenvalue weighted by Crippen LogP contribution is 1.99. The van der Waals surface area contributed by atoms with Gasteiger partial charge in [0, 0.05) is 31.2 Å². The van der Waals surface area contributed by atoms with Gasteiger partial charge in [0.25, 0.3) is 5.91 Å². The van der Waals surface area contributed by atoms with E-state index < -0.39 is 0 Å². The summed E-state index contributed by atoms with van der Waals surface area (Å²) in [6.45, 7) is 1.81. The molecule has 6 heteroatoms. The van der Waals surface area contributed by atoms with Gasteiger partial charge in [-0.05, 0) is 25.1 Å². The Morgan fingerprint density at radius 3 is 2.67 bits per heavy atom. The van der Waals surface area contributed by atoms with Crippen LogP contribution in [0.2, 0.25) is 0 Å². The third-order valence-corrected chi connectivity index (χ3v) is 2.37. The fraction of sp³-hybridized carbons (Fsp3) is 0.167. The lowest BCUT2D eigenvalue weighted by molar-refractivity contribution is 0.0949. The van der Waals surface area contributed by atoms with Crippen LogP contribution in [0, 0.1) is 0 Å². The van der Waals surface area contributed by atoms with Crippen LogP contribution in [0.25, 0.3) is 0 Å². The van der Waals surface area contributed by atoms with Gasteiger partial charge in [-0.1, -0.05) is 0 Å². The number of carbonyl (C=O) groups excluding carboxylic acids is 1. The van der Waals surface area contributed by atoms with Crippen molar-refractivity contribution in [2.75, 3.05) is 0 Å². The molecule has 0 bridgehead atoms. The van der Waals surface area contributed by atoms with Crippen LogP contribution in [-0.2, 0) is 7.05 Å². The monoisotopic (exact) mass is 243 g/mol. The van der Waals surface area contributed by atoms with Crippen LogP contribution in [0.4, 0.5) is 0 Å². The number of hydrogen-bond acceptors (Lipinski definition) is 4. The zero-order valence-corrected chi connectivity index (χ0v) is 10.2. The Morgan fingerprint density at radius 2 is 2.06 bits per heavy atom. The largest absolute Gasteiger partial charge is 0.291 e. The highest BCUT2D eigenvalue weighted by Gasteiger charge is 2.07. The number of hydrazone groups is 1. The summed E-state index contributed by atoms with van der Waals surface area (Å²) in [5, 5.41) is 8.01. The second-order valence-electron chi connectivity index (χ2n) is 3.75. The molecule has 0 saturated carbocycles. The van der Waals surface area contributed by atoms with Crippen molar-refractivity contribution in [1.29, 1.82) is 0 Å². The van der Waals surface area contributed by atoms with Crippen molar-refractivity contribution >= 4 is 11.6 Å². The molecular formula is C12H13N5O. The van der Waals surface area contributed by atoms with Gasteiger partial charge in [-0.15, -0.1) is 0 Å². The SMILES string of the molecule is CC(=NNC(=O)c1ccn(C)n1)c1ccncc1. The van der Waals surface area contributed by atoms with Crippen molar-refractivity contribution in [2.45, 2.75) is 6.92 Å². The summed E-state index contributed by atoms with van der Waals surface area (Å²) in [4.78, 5) is 15.6. The van der Waals surface area contributed by atoms with E-state index in [2.05, 4.69) is 20.6 Å². The van der Waals surface area contributed by atoms with Gasteiger partial charge in [-0.2, -0.15) is 10.2 Å². The third kappa shape index (κ3) is 2.79. The Hall–Kier alpha value is -2.50. The zero-order chi connectivity index (χ0) is 13.0. The summed E-state index contributed by atoms with van der Waals surface area (Å²) >= 11 is 0. The summed E-state index contributed by atoms with van der Waals surface area (Å²) in [5.74, 6) is -0.330. The second kappa shape index (κ2) is 5.22. The molecule has 0 radical (unpaired) electrons. The maximum atomic E-state index is 11.7. The molecule has 6 nitrogen and oxygen atoms in total. The highest BCUT2D eigenvalue weighted by atomic mass is 16.2. The van der Waals surface area contributed by atoms with Gasteiger partial charge < -0.3 is 0 Å². The molecule has 0 saturated heterocycles. The second-order valence-corrected chi connectivity index (χ2v) is 3.75. The lowest BCUT2D eigenvalue weighted by atomic mass is 10.2. The van der Waals surface area contributed by atoms with E-state index in [1.54, 1.807) is 36.4 Å². The lowest BCUT2D eigenvalue weighted by Gasteiger charge is -2.00. The van der Waals surface area contributed by atoms with Crippen LogP contribution in [0.3, 0.4) is 0 Å². The van der Waals surface area contributed by atoms with E-state index in [1.807, 2.05) is 19.1 Å². The van der Waals surface area contributed by atoms with Gasteiger partial charge in [0.15, 0.2) is 5.69 Å². The number of nitrogens with one attached hydrogen (secondary N) is 1. The quantitative estimate of drug-likeness (QED) is 0.645. The van der Waals surface area contributed by atoms with Crippen molar-refractivity contribution in [1.82, 2.24) is 20.2 Å². The number of aromatic nitrogens is 3. The number of aryl methyl sites for hydroxylation is 1. The van der Waals surface area contributed by atoms with Crippen LogP contribution < -0.4 is 5.43 Å². The van der Waals surface area contributed by atoms with Crippen LogP contribution in [-0.4, -0.2) is 26.4 Å². The summed E-state index contributed by atoms with van der Waals surface area (Å²) in [6, 6.07) is 5.28. The summed E-state index contributed by atoms with van der Waals surface area (Å²) in [7, 11) is 1.75. The molecule has 1 N–H and O–H groups in total. The van der Waals surface area contributed by atoms with E-state index in [0.717, 1.165) is 5.56 Å². The van der Waals surface area contributed by atoms with Crippen LogP contribution in [0.1, 0.15) is 23.0 Å². The van der Waals surface area contributed by atoms with Crippen molar-refractivity contribution < 1.29 is 4.79 Å². The summed E-state index contributed by atoms with van der Waals surface area (Å²) in [5.41, 5.74) is 4.42.